The number of aryl methyl sites for hydroxylation is 1. The van der Waals surface area contributed by atoms with E-state index in [4.69, 9.17) is 23.2 Å². The van der Waals surface area contributed by atoms with Crippen LogP contribution in [-0.2, 0) is 18.7 Å². The Morgan fingerprint density at radius 1 is 0.929 bits per heavy atom. The molecule has 0 aliphatic heterocycles. The molecule has 0 spiro atoms. The summed E-state index contributed by atoms with van der Waals surface area (Å²) in [7, 11) is 0. The van der Waals surface area contributed by atoms with Crippen LogP contribution in [0.4, 0.5) is 0 Å². The van der Waals surface area contributed by atoms with Gasteiger partial charge in [0, 0.05) is 10.2 Å². The van der Waals surface area contributed by atoms with Crippen LogP contribution >= 0.6 is 50.5 Å². The Hall–Kier alpha value is -1.06. The van der Waals surface area contributed by atoms with E-state index in [2.05, 4.69) is 64.5 Å². The van der Waals surface area contributed by atoms with Crippen LogP contribution in [0.1, 0.15) is 22.4 Å². The van der Waals surface area contributed by atoms with Crippen molar-refractivity contribution in [2.75, 3.05) is 5.33 Å². The standard InChI is InChI=1S/C19H17Br.C5H4Cl2S/c20-12-13-5-8-17-15(11-13)7-10-18-16-4-2-1-3-14(16)6-9-19(17)18;6-3-4-1-2-5(7)8-4/h1-4,6-7,9-10,13H,5,8,11-12H2;1-2H,3H2. The minimum atomic E-state index is 0.567. The van der Waals surface area contributed by atoms with Crippen LogP contribution in [0.5, 0.6) is 0 Å². The van der Waals surface area contributed by atoms with E-state index in [-0.39, 0.29) is 0 Å². The molecule has 4 heteroatoms. The summed E-state index contributed by atoms with van der Waals surface area (Å²) in [6.07, 6.45) is 3.76. The van der Waals surface area contributed by atoms with Gasteiger partial charge in [0.2, 0.25) is 0 Å². The van der Waals surface area contributed by atoms with Crippen molar-refractivity contribution in [2.24, 2.45) is 5.92 Å². The minimum Gasteiger partial charge on any atom is -0.127 e. The Labute approximate surface area is 188 Å². The first-order valence-corrected chi connectivity index (χ1v) is 12.3. The molecular formula is C24H21BrCl2S. The maximum absolute atomic E-state index is 5.60. The molecule has 3 aromatic carbocycles. The van der Waals surface area contributed by atoms with Gasteiger partial charge in [0.25, 0.3) is 0 Å². The van der Waals surface area contributed by atoms with E-state index in [1.165, 1.54) is 52.1 Å². The van der Waals surface area contributed by atoms with Gasteiger partial charge in [0.15, 0.2) is 0 Å². The summed E-state index contributed by atoms with van der Waals surface area (Å²) >= 11 is 16.3. The van der Waals surface area contributed by atoms with Gasteiger partial charge in [-0.1, -0.05) is 76.1 Å². The number of fused-ring (bicyclic) bond motifs is 5. The second kappa shape index (κ2) is 9.17. The molecule has 4 aromatic rings. The van der Waals surface area contributed by atoms with Crippen molar-refractivity contribution in [3.8, 4) is 0 Å². The lowest BCUT2D eigenvalue weighted by atomic mass is 9.82. The normalized spacial score (nSPS) is 15.9. The fourth-order valence-electron chi connectivity index (χ4n) is 4.00. The maximum atomic E-state index is 5.60. The maximum Gasteiger partial charge on any atom is 0.0931 e. The Kier molecular flexibility index (Phi) is 6.62. The summed E-state index contributed by atoms with van der Waals surface area (Å²) < 4.78 is 0.806. The molecule has 1 aliphatic rings. The average molecular weight is 492 g/mol. The third-order valence-electron chi connectivity index (χ3n) is 5.42. The van der Waals surface area contributed by atoms with Crippen molar-refractivity contribution < 1.29 is 0 Å². The molecular weight excluding hydrogens is 471 g/mol. The number of rotatable bonds is 2. The SMILES string of the molecule is BrCC1CCc2c(ccc3c2ccc2ccccc23)C1.ClCc1ccc(Cl)s1. The Bertz CT molecular complexity index is 1100. The topological polar surface area (TPSA) is 0 Å². The van der Waals surface area contributed by atoms with Crippen molar-refractivity contribution in [2.45, 2.75) is 25.1 Å². The van der Waals surface area contributed by atoms with Gasteiger partial charge in [-0.3, -0.25) is 0 Å². The average Bonchev–Trinajstić information content (AvgIpc) is 3.18. The quantitative estimate of drug-likeness (QED) is 0.194. The van der Waals surface area contributed by atoms with Crippen molar-refractivity contribution in [3.05, 3.63) is 81.0 Å². The number of halogens is 3. The van der Waals surface area contributed by atoms with Gasteiger partial charge in [-0.05, 0) is 70.0 Å². The van der Waals surface area contributed by atoms with Crippen molar-refractivity contribution in [1.29, 1.82) is 0 Å². The van der Waals surface area contributed by atoms with Crippen LogP contribution in [-0.4, -0.2) is 5.33 Å². The summed E-state index contributed by atoms with van der Waals surface area (Å²) in [4.78, 5) is 1.12. The smallest absolute Gasteiger partial charge is 0.0931 e. The zero-order chi connectivity index (χ0) is 19.5. The molecule has 0 saturated heterocycles. The highest BCUT2D eigenvalue weighted by Crippen LogP contribution is 2.35. The summed E-state index contributed by atoms with van der Waals surface area (Å²) in [5.74, 6) is 1.37. The monoisotopic (exact) mass is 490 g/mol. The van der Waals surface area contributed by atoms with Gasteiger partial charge in [-0.2, -0.15) is 0 Å². The van der Waals surface area contributed by atoms with E-state index in [0.717, 1.165) is 20.5 Å². The first-order valence-electron chi connectivity index (χ1n) is 9.48. The summed E-state index contributed by atoms with van der Waals surface area (Å²) in [5.41, 5.74) is 3.15. The molecule has 0 amide bonds. The number of benzene rings is 3. The van der Waals surface area contributed by atoms with Crippen LogP contribution in [0.15, 0.2) is 60.7 Å². The molecule has 144 valence electrons. The highest BCUT2D eigenvalue weighted by Gasteiger charge is 2.19. The summed E-state index contributed by atoms with van der Waals surface area (Å²) in [5, 5.41) is 6.74. The lowest BCUT2D eigenvalue weighted by Crippen LogP contribution is -2.15. The van der Waals surface area contributed by atoms with Crippen LogP contribution in [0.2, 0.25) is 4.34 Å². The molecule has 0 saturated carbocycles. The zero-order valence-electron chi connectivity index (χ0n) is 15.4. The van der Waals surface area contributed by atoms with Gasteiger partial charge in [0.05, 0.1) is 10.2 Å². The van der Waals surface area contributed by atoms with E-state index in [0.29, 0.717) is 5.88 Å². The fraction of sp³-hybridized carbons (Fsp3) is 0.250. The molecule has 28 heavy (non-hydrogen) atoms. The highest BCUT2D eigenvalue weighted by atomic mass is 79.9. The van der Waals surface area contributed by atoms with Gasteiger partial charge in [0.1, 0.15) is 0 Å². The van der Waals surface area contributed by atoms with Gasteiger partial charge >= 0.3 is 0 Å². The molecule has 5 rings (SSSR count). The molecule has 1 aliphatic carbocycles. The van der Waals surface area contributed by atoms with E-state index in [1.807, 2.05) is 12.1 Å². The lowest BCUT2D eigenvalue weighted by molar-refractivity contribution is 0.514. The van der Waals surface area contributed by atoms with Crippen LogP contribution in [0.25, 0.3) is 21.5 Å². The summed E-state index contributed by atoms with van der Waals surface area (Å²) in [6.45, 7) is 0. The second-order valence-corrected chi connectivity index (χ2v) is 9.90. The lowest BCUT2D eigenvalue weighted by Gasteiger charge is -2.24. The summed E-state index contributed by atoms with van der Waals surface area (Å²) in [6, 6.07) is 21.8. The second-order valence-electron chi connectivity index (χ2n) is 7.19. The highest BCUT2D eigenvalue weighted by molar-refractivity contribution is 9.09. The Balaban J connectivity index is 0.000000203. The first-order chi connectivity index (χ1) is 13.7. The molecule has 0 fully saturated rings. The molecule has 1 heterocycles. The van der Waals surface area contributed by atoms with Crippen LogP contribution < -0.4 is 0 Å². The molecule has 1 unspecified atom stereocenters. The largest absolute Gasteiger partial charge is 0.127 e. The van der Waals surface area contributed by atoms with E-state index < -0.39 is 0 Å². The Morgan fingerprint density at radius 3 is 2.46 bits per heavy atom. The predicted molar refractivity (Wildman–Crippen MR) is 130 cm³/mol. The zero-order valence-corrected chi connectivity index (χ0v) is 19.3. The third-order valence-corrected chi connectivity index (χ3v) is 8.02. The predicted octanol–water partition coefficient (Wildman–Crippen LogP) is 8.63. The van der Waals surface area contributed by atoms with E-state index >= 15 is 0 Å². The van der Waals surface area contributed by atoms with Gasteiger partial charge in [-0.15, -0.1) is 22.9 Å². The van der Waals surface area contributed by atoms with Gasteiger partial charge < -0.3 is 0 Å². The van der Waals surface area contributed by atoms with Crippen LogP contribution in [0, 0.1) is 5.92 Å². The van der Waals surface area contributed by atoms with Gasteiger partial charge in [-0.25, -0.2) is 0 Å². The third kappa shape index (κ3) is 4.26. The van der Waals surface area contributed by atoms with E-state index in [1.54, 1.807) is 11.1 Å². The van der Waals surface area contributed by atoms with Crippen molar-refractivity contribution >= 4 is 72.0 Å². The number of hydrogen-bond donors (Lipinski definition) is 0. The number of alkyl halides is 2. The number of thiophene rings is 1. The molecule has 0 bridgehead atoms. The molecule has 0 radical (unpaired) electrons. The molecule has 1 aromatic heterocycles. The van der Waals surface area contributed by atoms with E-state index in [9.17, 15) is 0 Å². The molecule has 0 N–H and O–H groups in total. The minimum absolute atomic E-state index is 0.567. The fourth-order valence-corrected chi connectivity index (χ4v) is 5.74. The molecule has 0 nitrogen and oxygen atoms in total. The number of hydrogen-bond acceptors (Lipinski definition) is 1. The van der Waals surface area contributed by atoms with Crippen molar-refractivity contribution in [1.82, 2.24) is 0 Å². The Morgan fingerprint density at radius 2 is 1.75 bits per heavy atom. The molecule has 1 atom stereocenters. The van der Waals surface area contributed by atoms with Crippen molar-refractivity contribution in [3.63, 3.8) is 0 Å². The first kappa shape index (κ1) is 20.2. The van der Waals surface area contributed by atoms with Crippen LogP contribution in [0.3, 0.4) is 0 Å².